The van der Waals surface area contributed by atoms with Crippen LogP contribution in [0, 0.1) is 6.92 Å². The van der Waals surface area contributed by atoms with Crippen molar-refractivity contribution in [2.24, 2.45) is 0 Å². The van der Waals surface area contributed by atoms with E-state index >= 15 is 0 Å². The van der Waals surface area contributed by atoms with Gasteiger partial charge in [-0.05, 0) is 45.6 Å². The van der Waals surface area contributed by atoms with Crippen LogP contribution in [0.4, 0.5) is 4.79 Å². The summed E-state index contributed by atoms with van der Waals surface area (Å²) < 4.78 is 12.0. The number of ether oxygens (including phenoxy) is 1. The monoisotopic (exact) mass is 356 g/mol. The highest BCUT2D eigenvalue weighted by Gasteiger charge is 2.40. The minimum Gasteiger partial charge on any atom is -0.459 e. The predicted molar refractivity (Wildman–Crippen MR) is 101 cm³/mol. The van der Waals surface area contributed by atoms with E-state index in [-0.39, 0.29) is 23.7 Å². The van der Waals surface area contributed by atoms with Gasteiger partial charge in [-0.25, -0.2) is 4.79 Å². The average molecular weight is 356 g/mol. The molecule has 5 heteroatoms. The molecule has 1 aliphatic carbocycles. The van der Waals surface area contributed by atoms with Crippen LogP contribution in [-0.4, -0.2) is 24.3 Å². The maximum atomic E-state index is 12.5. The molecule has 26 heavy (non-hydrogen) atoms. The summed E-state index contributed by atoms with van der Waals surface area (Å²) in [5.74, 6) is 0.820. The normalized spacial score (nSPS) is 23.2. The Kier molecular flexibility index (Phi) is 4.65. The van der Waals surface area contributed by atoms with E-state index in [9.17, 15) is 4.79 Å². The minimum atomic E-state index is -0.178. The van der Waals surface area contributed by atoms with E-state index in [0.717, 1.165) is 54.6 Å². The second-order valence-electron chi connectivity index (χ2n) is 7.86. The van der Waals surface area contributed by atoms with E-state index in [1.54, 1.807) is 0 Å². The van der Waals surface area contributed by atoms with Gasteiger partial charge in [0.2, 0.25) is 0 Å². The van der Waals surface area contributed by atoms with Gasteiger partial charge >= 0.3 is 6.03 Å². The molecule has 1 aromatic carbocycles. The fourth-order valence-corrected chi connectivity index (χ4v) is 4.61. The number of urea groups is 1. The first-order valence-electron chi connectivity index (χ1n) is 9.75. The second-order valence-corrected chi connectivity index (χ2v) is 7.86. The van der Waals surface area contributed by atoms with Crippen molar-refractivity contribution in [3.8, 4) is 0 Å². The van der Waals surface area contributed by atoms with Gasteiger partial charge in [0.05, 0.1) is 11.6 Å². The summed E-state index contributed by atoms with van der Waals surface area (Å²) in [6, 6.07) is 7.86. The van der Waals surface area contributed by atoms with Crippen molar-refractivity contribution >= 4 is 17.0 Å². The number of carbonyl (C=O) groups excluding carboxylic acids is 1. The molecule has 2 aliphatic rings. The van der Waals surface area contributed by atoms with E-state index in [1.165, 1.54) is 12.8 Å². The maximum absolute atomic E-state index is 12.5. The van der Waals surface area contributed by atoms with E-state index in [2.05, 4.69) is 10.6 Å². The molecule has 0 radical (unpaired) electrons. The van der Waals surface area contributed by atoms with Crippen molar-refractivity contribution < 1.29 is 13.9 Å². The van der Waals surface area contributed by atoms with Crippen molar-refractivity contribution in [2.45, 2.75) is 70.1 Å². The number of fused-ring (bicyclic) bond motifs is 1. The molecular formula is C21H28N2O3. The molecule has 2 aromatic rings. The third kappa shape index (κ3) is 3.32. The Labute approximate surface area is 154 Å². The van der Waals surface area contributed by atoms with Crippen molar-refractivity contribution in [2.75, 3.05) is 6.61 Å². The first-order valence-corrected chi connectivity index (χ1v) is 9.75. The van der Waals surface area contributed by atoms with Crippen LogP contribution in [0.2, 0.25) is 0 Å². The van der Waals surface area contributed by atoms with E-state index in [1.807, 2.05) is 38.1 Å². The number of hydrogen-bond donors (Lipinski definition) is 2. The van der Waals surface area contributed by atoms with Gasteiger partial charge < -0.3 is 19.8 Å². The van der Waals surface area contributed by atoms with Gasteiger partial charge in [0.25, 0.3) is 0 Å². The molecule has 1 spiro atoms. The maximum Gasteiger partial charge on any atom is 0.315 e. The van der Waals surface area contributed by atoms with Crippen molar-refractivity contribution in [3.05, 3.63) is 35.6 Å². The Bertz CT molecular complexity index is 792. The number of aryl methyl sites for hydroxylation is 1. The highest BCUT2D eigenvalue weighted by atomic mass is 16.5. The quantitative estimate of drug-likeness (QED) is 0.845. The molecule has 2 atom stereocenters. The van der Waals surface area contributed by atoms with Crippen molar-refractivity contribution in [1.29, 1.82) is 0 Å². The standard InChI is InChI=1S/C21H28N2O3/c1-14-17-7-3-4-8-18(17)26-19(14)15(2)22-20(24)23-16-9-12-25-21(13-16)10-5-6-11-21/h3-4,7-8,15-16H,5-6,9-13H2,1-2H3,(H2,22,23,24)/t15-,16?/m0/s1. The van der Waals surface area contributed by atoms with Gasteiger partial charge in [0, 0.05) is 23.6 Å². The molecule has 1 saturated heterocycles. The summed E-state index contributed by atoms with van der Waals surface area (Å²) in [5.41, 5.74) is 1.96. The van der Waals surface area contributed by atoms with Crippen LogP contribution in [0.3, 0.4) is 0 Å². The lowest BCUT2D eigenvalue weighted by Gasteiger charge is -2.38. The average Bonchev–Trinajstić information content (AvgIpc) is 3.20. The number of furan rings is 1. The van der Waals surface area contributed by atoms with E-state index in [4.69, 9.17) is 9.15 Å². The van der Waals surface area contributed by atoms with Gasteiger partial charge in [-0.2, -0.15) is 0 Å². The summed E-state index contributed by atoms with van der Waals surface area (Å²) in [5, 5.41) is 7.29. The van der Waals surface area contributed by atoms with Gasteiger partial charge in [-0.15, -0.1) is 0 Å². The van der Waals surface area contributed by atoms with Crippen LogP contribution >= 0.6 is 0 Å². The Morgan fingerprint density at radius 3 is 2.81 bits per heavy atom. The minimum absolute atomic E-state index is 0.0110. The lowest BCUT2D eigenvalue weighted by molar-refractivity contribution is -0.0820. The summed E-state index contributed by atoms with van der Waals surface area (Å²) in [4.78, 5) is 12.5. The van der Waals surface area contributed by atoms with Gasteiger partial charge in [-0.3, -0.25) is 0 Å². The van der Waals surface area contributed by atoms with Crippen LogP contribution in [0.1, 0.15) is 62.8 Å². The lowest BCUT2D eigenvalue weighted by Crippen LogP contribution is -2.50. The molecule has 1 aliphatic heterocycles. The number of para-hydroxylation sites is 1. The van der Waals surface area contributed by atoms with Crippen LogP contribution in [0.5, 0.6) is 0 Å². The predicted octanol–water partition coefficient (Wildman–Crippen LogP) is 4.59. The molecule has 5 nitrogen and oxygen atoms in total. The smallest absolute Gasteiger partial charge is 0.315 e. The molecule has 1 saturated carbocycles. The fourth-order valence-electron chi connectivity index (χ4n) is 4.61. The fraction of sp³-hybridized carbons (Fsp3) is 0.571. The number of amides is 2. The summed E-state index contributed by atoms with van der Waals surface area (Å²) in [7, 11) is 0. The van der Waals surface area contributed by atoms with E-state index in [0.29, 0.717) is 0 Å². The Morgan fingerprint density at radius 2 is 2.04 bits per heavy atom. The molecule has 2 heterocycles. The summed E-state index contributed by atoms with van der Waals surface area (Å²) >= 11 is 0. The Hall–Kier alpha value is -2.01. The molecule has 140 valence electrons. The third-order valence-electron chi connectivity index (χ3n) is 5.96. The van der Waals surface area contributed by atoms with Crippen LogP contribution < -0.4 is 10.6 Å². The zero-order valence-corrected chi connectivity index (χ0v) is 15.6. The van der Waals surface area contributed by atoms with Gasteiger partial charge in [0.1, 0.15) is 11.3 Å². The first-order chi connectivity index (χ1) is 12.6. The van der Waals surface area contributed by atoms with Crippen molar-refractivity contribution in [1.82, 2.24) is 10.6 Å². The molecular weight excluding hydrogens is 328 g/mol. The van der Waals surface area contributed by atoms with Crippen LogP contribution in [0.25, 0.3) is 11.0 Å². The first kappa shape index (κ1) is 17.4. The summed E-state index contributed by atoms with van der Waals surface area (Å²) in [6.07, 6.45) is 6.54. The zero-order chi connectivity index (χ0) is 18.1. The number of rotatable bonds is 3. The Morgan fingerprint density at radius 1 is 1.27 bits per heavy atom. The zero-order valence-electron chi connectivity index (χ0n) is 15.6. The third-order valence-corrected chi connectivity index (χ3v) is 5.96. The van der Waals surface area contributed by atoms with E-state index < -0.39 is 0 Å². The summed E-state index contributed by atoms with van der Waals surface area (Å²) in [6.45, 7) is 4.75. The topological polar surface area (TPSA) is 63.5 Å². The lowest BCUT2D eigenvalue weighted by atomic mass is 9.89. The SMILES string of the molecule is Cc1c([C@H](C)NC(=O)NC2CCOC3(CCCC3)C2)oc2ccccc12. The molecule has 2 fully saturated rings. The number of nitrogens with one attached hydrogen (secondary N) is 2. The second kappa shape index (κ2) is 6.95. The Balaban J connectivity index is 1.38. The van der Waals surface area contributed by atoms with Gasteiger partial charge in [-0.1, -0.05) is 31.0 Å². The highest BCUT2D eigenvalue weighted by Crippen LogP contribution is 2.40. The molecule has 4 rings (SSSR count). The molecule has 2 N–H and O–H groups in total. The van der Waals surface area contributed by atoms with Crippen molar-refractivity contribution in [3.63, 3.8) is 0 Å². The van der Waals surface area contributed by atoms with Crippen LogP contribution in [-0.2, 0) is 4.74 Å². The molecule has 0 bridgehead atoms. The molecule has 1 unspecified atom stereocenters. The van der Waals surface area contributed by atoms with Crippen LogP contribution in [0.15, 0.2) is 28.7 Å². The number of carbonyl (C=O) groups is 1. The molecule has 2 amide bonds. The highest BCUT2D eigenvalue weighted by molar-refractivity contribution is 5.82. The van der Waals surface area contributed by atoms with Gasteiger partial charge in [0.15, 0.2) is 0 Å². The molecule has 1 aromatic heterocycles. The number of benzene rings is 1. The largest absolute Gasteiger partial charge is 0.459 e. The number of hydrogen-bond acceptors (Lipinski definition) is 3.